The zero-order valence-corrected chi connectivity index (χ0v) is 20.9. The number of nitrogens with zero attached hydrogens (tertiary/aromatic N) is 2. The van der Waals surface area contributed by atoms with Crippen LogP contribution in [0.5, 0.6) is 11.5 Å². The Morgan fingerprint density at radius 1 is 1.12 bits per heavy atom. The smallest absolute Gasteiger partial charge is 0.244 e. The van der Waals surface area contributed by atoms with Gasteiger partial charge in [-0.15, -0.1) is 0 Å². The largest absolute Gasteiger partial charge is 0.454 e. The van der Waals surface area contributed by atoms with Crippen molar-refractivity contribution in [3.8, 4) is 11.5 Å². The molecule has 0 spiro atoms. The first-order valence-corrected chi connectivity index (χ1v) is 12.9. The second-order valence-electron chi connectivity index (χ2n) is 7.67. The number of carbonyl (C=O) groups is 2. The number of carbonyl (C=O) groups excluding carboxylic acids is 2. The molecular formula is C23H28ClN3O6S. The summed E-state index contributed by atoms with van der Waals surface area (Å²) in [5, 5.41) is 3.20. The summed E-state index contributed by atoms with van der Waals surface area (Å²) in [5.41, 5.74) is 0.984. The van der Waals surface area contributed by atoms with E-state index in [2.05, 4.69) is 5.32 Å². The number of ether oxygens (including phenoxy) is 2. The standard InChI is InChI=1S/C23H28ClN3O6S/c1-4-25-23(29)16(3)26(13-17-7-6-8-18(24)11-17)22(28)14-27(34(30,31)5-2)19-9-10-20-21(12-19)33-15-32-20/h6-12,16H,4-5,13-15H2,1-3H3,(H,25,29)/t16-/m0/s1. The van der Waals surface area contributed by atoms with Gasteiger partial charge in [0, 0.05) is 24.2 Å². The SMILES string of the molecule is CCNC(=O)[C@H](C)N(Cc1cccc(Cl)c1)C(=O)CN(c1ccc2c(c1)OCO2)S(=O)(=O)CC. The summed E-state index contributed by atoms with van der Waals surface area (Å²) in [6.45, 7) is 4.92. The Hall–Kier alpha value is -2.98. The molecule has 1 atom stereocenters. The molecule has 1 N–H and O–H groups in total. The molecule has 9 nitrogen and oxygen atoms in total. The summed E-state index contributed by atoms with van der Waals surface area (Å²) in [7, 11) is -3.83. The van der Waals surface area contributed by atoms with Crippen molar-refractivity contribution in [3.05, 3.63) is 53.1 Å². The first kappa shape index (κ1) is 25.6. The van der Waals surface area contributed by atoms with Crippen LogP contribution >= 0.6 is 11.6 Å². The molecule has 2 aromatic carbocycles. The monoisotopic (exact) mass is 509 g/mol. The molecule has 0 aliphatic carbocycles. The lowest BCUT2D eigenvalue weighted by Crippen LogP contribution is -2.51. The van der Waals surface area contributed by atoms with Crippen molar-refractivity contribution in [2.75, 3.05) is 29.9 Å². The van der Waals surface area contributed by atoms with Crippen molar-refractivity contribution in [3.63, 3.8) is 0 Å². The molecule has 0 saturated heterocycles. The van der Waals surface area contributed by atoms with Crippen LogP contribution in [0.4, 0.5) is 5.69 Å². The van der Waals surface area contributed by atoms with Crippen LogP contribution in [0.2, 0.25) is 5.02 Å². The van der Waals surface area contributed by atoms with Crippen molar-refractivity contribution in [1.82, 2.24) is 10.2 Å². The average molecular weight is 510 g/mol. The Morgan fingerprint density at radius 3 is 2.53 bits per heavy atom. The van der Waals surface area contributed by atoms with Gasteiger partial charge in [0.05, 0.1) is 11.4 Å². The Morgan fingerprint density at radius 2 is 1.85 bits per heavy atom. The van der Waals surface area contributed by atoms with Crippen LogP contribution < -0.4 is 19.1 Å². The molecule has 34 heavy (non-hydrogen) atoms. The number of rotatable bonds is 10. The van der Waals surface area contributed by atoms with Gasteiger partial charge in [-0.05, 0) is 50.6 Å². The van der Waals surface area contributed by atoms with E-state index >= 15 is 0 Å². The maximum atomic E-state index is 13.5. The summed E-state index contributed by atoms with van der Waals surface area (Å²) < 4.78 is 37.6. The van der Waals surface area contributed by atoms with Gasteiger partial charge in [-0.3, -0.25) is 13.9 Å². The summed E-state index contributed by atoms with van der Waals surface area (Å²) >= 11 is 6.10. The lowest BCUT2D eigenvalue weighted by molar-refractivity contribution is -0.139. The minimum atomic E-state index is -3.83. The molecule has 2 aromatic rings. The molecule has 184 valence electrons. The molecule has 2 amide bonds. The van der Waals surface area contributed by atoms with Crippen LogP contribution in [0, 0.1) is 0 Å². The first-order valence-electron chi connectivity index (χ1n) is 10.9. The van der Waals surface area contributed by atoms with Gasteiger partial charge < -0.3 is 19.7 Å². The second kappa shape index (κ2) is 11.0. The molecule has 0 fully saturated rings. The van der Waals surface area contributed by atoms with Gasteiger partial charge in [-0.1, -0.05) is 23.7 Å². The molecule has 1 aliphatic heterocycles. The third-order valence-corrected chi connectivity index (χ3v) is 7.36. The van der Waals surface area contributed by atoms with Crippen LogP contribution in [0.25, 0.3) is 0 Å². The number of nitrogens with one attached hydrogen (secondary N) is 1. The van der Waals surface area contributed by atoms with E-state index in [1.54, 1.807) is 50.2 Å². The summed E-state index contributed by atoms with van der Waals surface area (Å²) in [5.74, 6) is -0.196. The number of hydrogen-bond acceptors (Lipinski definition) is 6. The van der Waals surface area contributed by atoms with Gasteiger partial charge in [0.25, 0.3) is 0 Å². The Balaban J connectivity index is 1.94. The Bertz CT molecular complexity index is 1160. The number of anilines is 1. The predicted molar refractivity (Wildman–Crippen MR) is 130 cm³/mol. The molecule has 1 heterocycles. The summed E-state index contributed by atoms with van der Waals surface area (Å²) in [6, 6.07) is 10.8. The second-order valence-corrected chi connectivity index (χ2v) is 10.3. The van der Waals surface area contributed by atoms with Crippen molar-refractivity contribution < 1.29 is 27.5 Å². The Labute approximate surface area is 204 Å². The molecular weight excluding hydrogens is 482 g/mol. The number of hydrogen-bond donors (Lipinski definition) is 1. The van der Waals surface area contributed by atoms with Gasteiger partial charge in [-0.2, -0.15) is 0 Å². The third-order valence-electron chi connectivity index (χ3n) is 5.38. The quantitative estimate of drug-likeness (QED) is 0.528. The average Bonchev–Trinajstić information content (AvgIpc) is 3.28. The van der Waals surface area contributed by atoms with Crippen molar-refractivity contribution in [2.24, 2.45) is 0 Å². The Kier molecular flexibility index (Phi) is 8.27. The van der Waals surface area contributed by atoms with Crippen LogP contribution in [-0.4, -0.2) is 56.8 Å². The van der Waals surface area contributed by atoms with Crippen molar-refractivity contribution in [1.29, 1.82) is 0 Å². The highest BCUT2D eigenvalue weighted by molar-refractivity contribution is 7.92. The highest BCUT2D eigenvalue weighted by atomic mass is 35.5. The fraction of sp³-hybridized carbons (Fsp3) is 0.391. The number of sulfonamides is 1. The minimum absolute atomic E-state index is 0.0374. The van der Waals surface area contributed by atoms with Crippen LogP contribution in [0.15, 0.2) is 42.5 Å². The number of fused-ring (bicyclic) bond motifs is 1. The molecule has 0 bridgehead atoms. The van der Waals surface area contributed by atoms with Crippen LogP contribution in [0.3, 0.4) is 0 Å². The lowest BCUT2D eigenvalue weighted by Gasteiger charge is -2.31. The van der Waals surface area contributed by atoms with E-state index in [1.807, 2.05) is 0 Å². The maximum Gasteiger partial charge on any atom is 0.244 e. The zero-order chi connectivity index (χ0) is 24.9. The van der Waals surface area contributed by atoms with Gasteiger partial charge in [-0.25, -0.2) is 8.42 Å². The fourth-order valence-electron chi connectivity index (χ4n) is 3.50. The van der Waals surface area contributed by atoms with E-state index in [9.17, 15) is 18.0 Å². The molecule has 3 rings (SSSR count). The lowest BCUT2D eigenvalue weighted by atomic mass is 10.1. The van der Waals surface area contributed by atoms with E-state index in [0.717, 1.165) is 4.31 Å². The fourth-order valence-corrected chi connectivity index (χ4v) is 4.76. The molecule has 0 radical (unpaired) electrons. The number of likely N-dealkylation sites (N-methyl/N-ethyl adjacent to an activating group) is 1. The molecule has 0 unspecified atom stereocenters. The van der Waals surface area contributed by atoms with E-state index in [0.29, 0.717) is 28.6 Å². The molecule has 1 aliphatic rings. The van der Waals surface area contributed by atoms with Crippen molar-refractivity contribution >= 4 is 39.1 Å². The highest BCUT2D eigenvalue weighted by Crippen LogP contribution is 2.36. The zero-order valence-electron chi connectivity index (χ0n) is 19.3. The number of benzene rings is 2. The van der Waals surface area contributed by atoms with Crippen molar-refractivity contribution in [2.45, 2.75) is 33.4 Å². The molecule has 0 saturated carbocycles. The van der Waals surface area contributed by atoms with Crippen LogP contribution in [-0.2, 0) is 26.2 Å². The third kappa shape index (κ3) is 5.92. The summed E-state index contributed by atoms with van der Waals surface area (Å²) in [6.07, 6.45) is 0. The van der Waals surface area contributed by atoms with E-state index < -0.39 is 28.5 Å². The van der Waals surface area contributed by atoms with Gasteiger partial charge in [0.2, 0.25) is 28.6 Å². The van der Waals surface area contributed by atoms with E-state index in [-0.39, 0.29) is 30.7 Å². The topological polar surface area (TPSA) is 105 Å². The molecule has 0 aromatic heterocycles. The van der Waals surface area contributed by atoms with E-state index in [1.165, 1.54) is 17.9 Å². The van der Waals surface area contributed by atoms with Gasteiger partial charge in [0.15, 0.2) is 11.5 Å². The predicted octanol–water partition coefficient (Wildman–Crippen LogP) is 2.78. The maximum absolute atomic E-state index is 13.5. The summed E-state index contributed by atoms with van der Waals surface area (Å²) in [4.78, 5) is 27.5. The normalized spacial score (nSPS) is 13.3. The van der Waals surface area contributed by atoms with Crippen LogP contribution in [0.1, 0.15) is 26.3 Å². The first-order chi connectivity index (χ1) is 16.2. The highest BCUT2D eigenvalue weighted by Gasteiger charge is 2.31. The molecule has 11 heteroatoms. The minimum Gasteiger partial charge on any atom is -0.454 e. The number of halogens is 1. The van der Waals surface area contributed by atoms with E-state index in [4.69, 9.17) is 21.1 Å². The van der Waals surface area contributed by atoms with Gasteiger partial charge >= 0.3 is 0 Å². The number of amides is 2. The van der Waals surface area contributed by atoms with Gasteiger partial charge in [0.1, 0.15) is 12.6 Å².